The molecule has 0 aliphatic carbocycles. The lowest BCUT2D eigenvalue weighted by Crippen LogP contribution is -2.12. The van der Waals surface area contributed by atoms with Crippen molar-refractivity contribution >= 4 is 22.9 Å². The normalized spacial score (nSPS) is 10.7. The molecule has 1 N–H and O–H groups in total. The molecule has 0 atom stereocenters. The summed E-state index contributed by atoms with van der Waals surface area (Å²) in [7, 11) is 0. The number of carbonyl (C=O) groups is 1. The van der Waals surface area contributed by atoms with E-state index in [9.17, 15) is 4.79 Å². The summed E-state index contributed by atoms with van der Waals surface area (Å²) in [6.45, 7) is 4.07. The number of hydrogen-bond donors (Lipinski definition) is 1. The highest BCUT2D eigenvalue weighted by Crippen LogP contribution is 2.31. The molecule has 0 saturated carbocycles. The molecule has 5 nitrogen and oxygen atoms in total. The number of thiophene rings is 1. The minimum Gasteiger partial charge on any atom is -0.489 e. The molecule has 0 fully saturated rings. The Morgan fingerprint density at radius 2 is 1.97 bits per heavy atom. The van der Waals surface area contributed by atoms with E-state index in [4.69, 9.17) is 9.26 Å². The quantitative estimate of drug-likeness (QED) is 0.438. The van der Waals surface area contributed by atoms with Crippen LogP contribution in [0, 0.1) is 13.8 Å². The first-order chi connectivity index (χ1) is 14.1. The van der Waals surface area contributed by atoms with Gasteiger partial charge in [0.15, 0.2) is 0 Å². The first-order valence-electron chi connectivity index (χ1n) is 9.20. The zero-order chi connectivity index (χ0) is 20.2. The number of para-hydroxylation sites is 1. The fraction of sp³-hybridized carbons (Fsp3) is 0.130. The van der Waals surface area contributed by atoms with Gasteiger partial charge in [-0.25, -0.2) is 0 Å². The molecule has 4 aromatic rings. The fourth-order valence-corrected chi connectivity index (χ4v) is 3.79. The van der Waals surface area contributed by atoms with Crippen molar-refractivity contribution in [3.8, 4) is 16.2 Å². The standard InChI is InChI=1S/C23H20N2O3S/c1-15-20(16(2)28-25-15)14-27-18-8-5-7-17(13-18)23(26)24-21-10-4-3-9-19(21)22-11-6-12-29-22/h3-13H,14H2,1-2H3,(H,24,26). The molecular weight excluding hydrogens is 384 g/mol. The van der Waals surface area contributed by atoms with Gasteiger partial charge in [-0.2, -0.15) is 0 Å². The van der Waals surface area contributed by atoms with E-state index in [1.807, 2.05) is 67.8 Å². The third-order valence-electron chi connectivity index (χ3n) is 4.62. The maximum Gasteiger partial charge on any atom is 0.255 e. The maximum atomic E-state index is 12.8. The van der Waals surface area contributed by atoms with Crippen molar-refractivity contribution in [2.45, 2.75) is 20.5 Å². The first kappa shape index (κ1) is 19.0. The second-order valence-electron chi connectivity index (χ2n) is 6.60. The predicted molar refractivity (Wildman–Crippen MR) is 114 cm³/mol. The number of benzene rings is 2. The average molecular weight is 404 g/mol. The summed E-state index contributed by atoms with van der Waals surface area (Å²) in [4.78, 5) is 13.9. The zero-order valence-electron chi connectivity index (χ0n) is 16.1. The number of carbonyl (C=O) groups excluding carboxylic acids is 1. The van der Waals surface area contributed by atoms with Crippen LogP contribution in [0.4, 0.5) is 5.69 Å². The number of aryl methyl sites for hydroxylation is 2. The van der Waals surface area contributed by atoms with Crippen molar-refractivity contribution in [3.05, 3.63) is 88.6 Å². The molecule has 0 radical (unpaired) electrons. The molecule has 0 bridgehead atoms. The fourth-order valence-electron chi connectivity index (χ4n) is 3.02. The molecule has 2 aromatic heterocycles. The number of aromatic nitrogens is 1. The largest absolute Gasteiger partial charge is 0.489 e. The highest BCUT2D eigenvalue weighted by molar-refractivity contribution is 7.13. The van der Waals surface area contributed by atoms with Gasteiger partial charge in [-0.3, -0.25) is 4.79 Å². The molecule has 0 spiro atoms. The Hall–Kier alpha value is -3.38. The van der Waals surface area contributed by atoms with E-state index in [0.717, 1.165) is 33.1 Å². The van der Waals surface area contributed by atoms with Gasteiger partial charge in [-0.1, -0.05) is 35.5 Å². The number of rotatable bonds is 6. The molecule has 4 rings (SSSR count). The number of amides is 1. The SMILES string of the molecule is Cc1noc(C)c1COc1cccc(C(=O)Nc2ccccc2-c2cccs2)c1. The van der Waals surface area contributed by atoms with Crippen LogP contribution < -0.4 is 10.1 Å². The second kappa shape index (κ2) is 8.32. The summed E-state index contributed by atoms with van der Waals surface area (Å²) >= 11 is 1.64. The topological polar surface area (TPSA) is 64.4 Å². The van der Waals surface area contributed by atoms with E-state index >= 15 is 0 Å². The summed E-state index contributed by atoms with van der Waals surface area (Å²) < 4.78 is 11.0. The molecule has 0 unspecified atom stereocenters. The van der Waals surface area contributed by atoms with E-state index in [-0.39, 0.29) is 5.91 Å². The van der Waals surface area contributed by atoms with Gasteiger partial charge in [0.1, 0.15) is 18.1 Å². The van der Waals surface area contributed by atoms with Gasteiger partial charge in [-0.05, 0) is 49.6 Å². The van der Waals surface area contributed by atoms with Gasteiger partial charge in [0.2, 0.25) is 0 Å². The van der Waals surface area contributed by atoms with E-state index in [1.54, 1.807) is 23.5 Å². The Bertz CT molecular complexity index is 1110. The minimum absolute atomic E-state index is 0.184. The predicted octanol–water partition coefficient (Wildman–Crippen LogP) is 5.85. The Labute approximate surface area is 172 Å². The molecule has 0 aliphatic heterocycles. The Balaban J connectivity index is 1.50. The molecule has 146 valence electrons. The smallest absolute Gasteiger partial charge is 0.255 e. The van der Waals surface area contributed by atoms with Crippen LogP contribution >= 0.6 is 11.3 Å². The Morgan fingerprint density at radius 3 is 2.72 bits per heavy atom. The van der Waals surface area contributed by atoms with Gasteiger partial charge >= 0.3 is 0 Å². The Morgan fingerprint density at radius 1 is 1.10 bits per heavy atom. The Kier molecular flexibility index (Phi) is 5.44. The monoisotopic (exact) mass is 404 g/mol. The van der Waals surface area contributed by atoms with Crippen LogP contribution in [0.5, 0.6) is 5.75 Å². The van der Waals surface area contributed by atoms with E-state index < -0.39 is 0 Å². The zero-order valence-corrected chi connectivity index (χ0v) is 17.0. The van der Waals surface area contributed by atoms with Gasteiger partial charge in [-0.15, -0.1) is 11.3 Å². The lowest BCUT2D eigenvalue weighted by molar-refractivity contribution is 0.102. The summed E-state index contributed by atoms with van der Waals surface area (Å²) in [6.07, 6.45) is 0. The van der Waals surface area contributed by atoms with Crippen LogP contribution in [-0.4, -0.2) is 11.1 Å². The van der Waals surface area contributed by atoms with Gasteiger partial charge in [0.25, 0.3) is 5.91 Å². The lowest BCUT2D eigenvalue weighted by atomic mass is 10.1. The molecular formula is C23H20N2O3S. The van der Waals surface area contributed by atoms with Gasteiger partial charge < -0.3 is 14.6 Å². The molecule has 0 aliphatic rings. The molecule has 1 amide bonds. The summed E-state index contributed by atoms with van der Waals surface area (Å²) in [6, 6.07) is 19.0. The highest BCUT2D eigenvalue weighted by Gasteiger charge is 2.13. The lowest BCUT2D eigenvalue weighted by Gasteiger charge is -2.11. The van der Waals surface area contributed by atoms with Crippen LogP contribution in [0.2, 0.25) is 0 Å². The highest BCUT2D eigenvalue weighted by atomic mass is 32.1. The summed E-state index contributed by atoms with van der Waals surface area (Å²) in [5.41, 5.74) is 4.04. The van der Waals surface area contributed by atoms with Crippen molar-refractivity contribution in [1.82, 2.24) is 5.16 Å². The van der Waals surface area contributed by atoms with Crippen LogP contribution in [0.15, 0.2) is 70.6 Å². The van der Waals surface area contributed by atoms with Crippen molar-refractivity contribution in [2.24, 2.45) is 0 Å². The second-order valence-corrected chi connectivity index (χ2v) is 7.54. The maximum absolute atomic E-state index is 12.8. The van der Waals surface area contributed by atoms with Crippen molar-refractivity contribution in [1.29, 1.82) is 0 Å². The van der Waals surface area contributed by atoms with Gasteiger partial charge in [0.05, 0.1) is 11.3 Å². The van der Waals surface area contributed by atoms with E-state index in [0.29, 0.717) is 17.9 Å². The summed E-state index contributed by atoms with van der Waals surface area (Å²) in [5, 5.41) is 8.97. The average Bonchev–Trinajstić information content (AvgIpc) is 3.38. The van der Waals surface area contributed by atoms with Crippen LogP contribution in [0.3, 0.4) is 0 Å². The summed E-state index contributed by atoms with van der Waals surface area (Å²) in [5.74, 6) is 1.17. The van der Waals surface area contributed by atoms with E-state index in [1.165, 1.54) is 0 Å². The minimum atomic E-state index is -0.184. The number of ether oxygens (including phenoxy) is 1. The molecule has 0 saturated heterocycles. The molecule has 2 heterocycles. The third-order valence-corrected chi connectivity index (χ3v) is 5.53. The van der Waals surface area contributed by atoms with Crippen molar-refractivity contribution in [2.75, 3.05) is 5.32 Å². The number of hydrogen-bond acceptors (Lipinski definition) is 5. The van der Waals surface area contributed by atoms with Crippen LogP contribution in [-0.2, 0) is 6.61 Å². The first-order valence-corrected chi connectivity index (χ1v) is 10.1. The molecule has 6 heteroatoms. The van der Waals surface area contributed by atoms with Gasteiger partial charge in [0, 0.05) is 21.7 Å². The number of nitrogens with zero attached hydrogens (tertiary/aromatic N) is 1. The van der Waals surface area contributed by atoms with Crippen LogP contribution in [0.25, 0.3) is 10.4 Å². The number of anilines is 1. The van der Waals surface area contributed by atoms with Crippen LogP contribution in [0.1, 0.15) is 27.4 Å². The third kappa shape index (κ3) is 4.22. The van der Waals surface area contributed by atoms with Crippen molar-refractivity contribution < 1.29 is 14.1 Å². The molecule has 29 heavy (non-hydrogen) atoms. The number of nitrogens with one attached hydrogen (secondary N) is 1. The van der Waals surface area contributed by atoms with E-state index in [2.05, 4.69) is 10.5 Å². The van der Waals surface area contributed by atoms with Crippen molar-refractivity contribution in [3.63, 3.8) is 0 Å². The molecule has 2 aromatic carbocycles.